The van der Waals surface area contributed by atoms with E-state index in [0.717, 1.165) is 22.2 Å². The monoisotopic (exact) mass is 246 g/mol. The minimum atomic E-state index is -0.234. The van der Waals surface area contributed by atoms with Crippen molar-refractivity contribution in [2.24, 2.45) is 0 Å². The number of benzene rings is 1. The van der Waals surface area contributed by atoms with Crippen molar-refractivity contribution in [3.63, 3.8) is 0 Å². The van der Waals surface area contributed by atoms with Crippen LogP contribution in [0.4, 0.5) is 0 Å². The van der Waals surface area contributed by atoms with Gasteiger partial charge >= 0.3 is 0 Å². The Balaban J connectivity index is 2.35. The van der Waals surface area contributed by atoms with Gasteiger partial charge in [-0.15, -0.1) is 0 Å². The largest absolute Gasteiger partial charge is 0.394 e. The van der Waals surface area contributed by atoms with Crippen LogP contribution in [0.15, 0.2) is 18.2 Å². The fourth-order valence-electron chi connectivity index (χ4n) is 1.96. The number of hydrogen-bond donors (Lipinski definition) is 3. The predicted molar refractivity (Wildman–Crippen MR) is 71.8 cm³/mol. The zero-order valence-corrected chi connectivity index (χ0v) is 10.9. The summed E-state index contributed by atoms with van der Waals surface area (Å²) in [4.78, 5) is 15.2. The maximum absolute atomic E-state index is 11.9. The number of carbonyl (C=O) groups excluding carboxylic acids is 1. The van der Waals surface area contributed by atoms with Crippen LogP contribution in [0.2, 0.25) is 0 Å². The van der Waals surface area contributed by atoms with E-state index in [2.05, 4.69) is 10.3 Å². The van der Waals surface area contributed by atoms with Crippen LogP contribution in [-0.2, 0) is 0 Å². The zero-order chi connectivity index (χ0) is 13.3. The zero-order valence-electron chi connectivity index (χ0n) is 10.9. The molecule has 0 saturated heterocycles. The van der Waals surface area contributed by atoms with Gasteiger partial charge in [0.15, 0.2) is 0 Å². The highest BCUT2D eigenvalue weighted by Gasteiger charge is 2.11. The quantitative estimate of drug-likeness (QED) is 0.774. The van der Waals surface area contributed by atoms with E-state index < -0.39 is 0 Å². The summed E-state index contributed by atoms with van der Waals surface area (Å²) in [5.74, 6) is -0.156. The second kappa shape index (κ2) is 4.82. The molecule has 0 saturated carbocycles. The third-order valence-corrected chi connectivity index (χ3v) is 3.22. The first-order valence-electron chi connectivity index (χ1n) is 6.03. The Labute approximate surface area is 106 Å². The van der Waals surface area contributed by atoms with Crippen LogP contribution >= 0.6 is 0 Å². The van der Waals surface area contributed by atoms with Crippen molar-refractivity contribution in [1.29, 1.82) is 0 Å². The Hall–Kier alpha value is -1.81. The molecule has 4 nitrogen and oxygen atoms in total. The normalized spacial score (nSPS) is 12.7. The molecule has 18 heavy (non-hydrogen) atoms. The van der Waals surface area contributed by atoms with Gasteiger partial charge < -0.3 is 15.4 Å². The second-order valence-electron chi connectivity index (χ2n) is 4.69. The summed E-state index contributed by atoms with van der Waals surface area (Å²) in [6.45, 7) is 5.76. The lowest BCUT2D eigenvalue weighted by molar-refractivity contribution is 0.0922. The van der Waals surface area contributed by atoms with Crippen LogP contribution in [0.3, 0.4) is 0 Å². The van der Waals surface area contributed by atoms with E-state index >= 15 is 0 Å². The minimum Gasteiger partial charge on any atom is -0.394 e. The van der Waals surface area contributed by atoms with E-state index in [9.17, 15) is 4.79 Å². The molecular weight excluding hydrogens is 228 g/mol. The third kappa shape index (κ3) is 2.24. The number of fused-ring (bicyclic) bond motifs is 1. The molecule has 0 aliphatic carbocycles. The molecule has 1 aromatic carbocycles. The number of amides is 1. The molecule has 3 N–H and O–H groups in total. The first kappa shape index (κ1) is 12.6. The van der Waals surface area contributed by atoms with Crippen molar-refractivity contribution in [1.82, 2.24) is 10.3 Å². The summed E-state index contributed by atoms with van der Waals surface area (Å²) in [7, 11) is 0. The maximum Gasteiger partial charge on any atom is 0.251 e. The summed E-state index contributed by atoms with van der Waals surface area (Å²) in [6, 6.07) is 5.35. The van der Waals surface area contributed by atoms with E-state index in [1.165, 1.54) is 0 Å². The summed E-state index contributed by atoms with van der Waals surface area (Å²) >= 11 is 0. The van der Waals surface area contributed by atoms with Crippen molar-refractivity contribution in [3.05, 3.63) is 35.0 Å². The van der Waals surface area contributed by atoms with Gasteiger partial charge in [0.2, 0.25) is 0 Å². The number of carbonyl (C=O) groups is 1. The molecule has 2 aromatic rings. The molecular formula is C14H18N2O2. The molecule has 2 rings (SSSR count). The molecule has 0 spiro atoms. The number of aromatic nitrogens is 1. The standard InChI is InChI=1S/C14H18N2O2/c1-8(7-17)15-14(18)11-4-5-13-12(6-11)9(2)10(3)16-13/h4-6,8,16-17H,7H2,1-3H3,(H,15,18)/t8-/m0/s1. The van der Waals surface area contributed by atoms with E-state index in [4.69, 9.17) is 5.11 Å². The Morgan fingerprint density at radius 3 is 2.83 bits per heavy atom. The van der Waals surface area contributed by atoms with Gasteiger partial charge in [0, 0.05) is 28.2 Å². The Morgan fingerprint density at radius 1 is 1.44 bits per heavy atom. The van der Waals surface area contributed by atoms with Gasteiger partial charge in [-0.3, -0.25) is 4.79 Å². The molecule has 0 bridgehead atoms. The molecule has 0 aliphatic rings. The van der Waals surface area contributed by atoms with Crippen molar-refractivity contribution >= 4 is 16.8 Å². The number of aromatic amines is 1. The molecule has 0 aliphatic heterocycles. The number of aryl methyl sites for hydroxylation is 2. The number of hydrogen-bond acceptors (Lipinski definition) is 2. The summed E-state index contributed by atoms with van der Waals surface area (Å²) in [5.41, 5.74) is 3.93. The average Bonchev–Trinajstić information content (AvgIpc) is 2.64. The highest BCUT2D eigenvalue weighted by molar-refractivity contribution is 5.99. The molecule has 0 unspecified atom stereocenters. The van der Waals surface area contributed by atoms with E-state index in [0.29, 0.717) is 5.56 Å². The van der Waals surface area contributed by atoms with Gasteiger partial charge in [-0.05, 0) is 44.5 Å². The molecule has 1 heterocycles. The topological polar surface area (TPSA) is 65.1 Å². The van der Waals surface area contributed by atoms with Crippen LogP contribution < -0.4 is 5.32 Å². The highest BCUT2D eigenvalue weighted by atomic mass is 16.3. The first-order chi connectivity index (χ1) is 8.52. The predicted octanol–water partition coefficient (Wildman–Crippen LogP) is 1.90. The Bertz CT molecular complexity index is 587. The first-order valence-corrected chi connectivity index (χ1v) is 6.03. The number of aliphatic hydroxyl groups excluding tert-OH is 1. The molecule has 0 radical (unpaired) electrons. The molecule has 1 atom stereocenters. The highest BCUT2D eigenvalue weighted by Crippen LogP contribution is 2.22. The van der Waals surface area contributed by atoms with Gasteiger partial charge in [0.05, 0.1) is 6.61 Å². The number of nitrogens with one attached hydrogen (secondary N) is 2. The fraction of sp³-hybridized carbons (Fsp3) is 0.357. The molecule has 4 heteroatoms. The average molecular weight is 246 g/mol. The fourth-order valence-corrected chi connectivity index (χ4v) is 1.96. The summed E-state index contributed by atoms with van der Waals surface area (Å²) in [6.07, 6.45) is 0. The third-order valence-electron chi connectivity index (χ3n) is 3.22. The molecule has 96 valence electrons. The minimum absolute atomic E-state index is 0.0593. The molecule has 1 aromatic heterocycles. The van der Waals surface area contributed by atoms with Crippen LogP contribution in [0, 0.1) is 13.8 Å². The lowest BCUT2D eigenvalue weighted by Crippen LogP contribution is -2.34. The van der Waals surface area contributed by atoms with Crippen molar-refractivity contribution < 1.29 is 9.90 Å². The van der Waals surface area contributed by atoms with E-state index in [-0.39, 0.29) is 18.6 Å². The number of rotatable bonds is 3. The van der Waals surface area contributed by atoms with Crippen molar-refractivity contribution in [2.45, 2.75) is 26.8 Å². The molecule has 0 fully saturated rings. The van der Waals surface area contributed by atoms with Crippen molar-refractivity contribution in [2.75, 3.05) is 6.61 Å². The van der Waals surface area contributed by atoms with Gasteiger partial charge in [-0.25, -0.2) is 0 Å². The van der Waals surface area contributed by atoms with E-state index in [1.807, 2.05) is 26.0 Å². The lowest BCUT2D eigenvalue weighted by atomic mass is 10.1. The molecule has 1 amide bonds. The van der Waals surface area contributed by atoms with Crippen LogP contribution in [0.1, 0.15) is 28.5 Å². The van der Waals surface area contributed by atoms with E-state index in [1.54, 1.807) is 13.0 Å². The van der Waals surface area contributed by atoms with Gasteiger partial charge in [-0.2, -0.15) is 0 Å². The SMILES string of the molecule is Cc1[nH]c2ccc(C(=O)N[C@@H](C)CO)cc2c1C. The lowest BCUT2D eigenvalue weighted by Gasteiger charge is -2.10. The summed E-state index contributed by atoms with van der Waals surface area (Å²) in [5, 5.41) is 12.7. The smallest absolute Gasteiger partial charge is 0.251 e. The Morgan fingerprint density at radius 2 is 2.17 bits per heavy atom. The maximum atomic E-state index is 11.9. The number of aliphatic hydroxyl groups is 1. The van der Waals surface area contributed by atoms with Gasteiger partial charge in [-0.1, -0.05) is 0 Å². The van der Waals surface area contributed by atoms with Crippen LogP contribution in [-0.4, -0.2) is 28.6 Å². The van der Waals surface area contributed by atoms with Gasteiger partial charge in [0.1, 0.15) is 0 Å². The summed E-state index contributed by atoms with van der Waals surface area (Å²) < 4.78 is 0. The van der Waals surface area contributed by atoms with Crippen molar-refractivity contribution in [3.8, 4) is 0 Å². The van der Waals surface area contributed by atoms with Gasteiger partial charge in [0.25, 0.3) is 5.91 Å². The second-order valence-corrected chi connectivity index (χ2v) is 4.69. The number of H-pyrrole nitrogens is 1. The Kier molecular flexibility index (Phi) is 3.39. The van der Waals surface area contributed by atoms with Crippen LogP contribution in [0.5, 0.6) is 0 Å². The van der Waals surface area contributed by atoms with Crippen LogP contribution in [0.25, 0.3) is 10.9 Å².